The van der Waals surface area contributed by atoms with Crippen molar-refractivity contribution in [3.05, 3.63) is 68.7 Å². The van der Waals surface area contributed by atoms with Crippen LogP contribution in [-0.2, 0) is 9.53 Å². The Morgan fingerprint density at radius 2 is 1.85 bits per heavy atom. The molecule has 2 heterocycles. The molecule has 6 nitrogen and oxygen atoms in total. The number of amides is 1. The molecule has 1 N–H and O–H groups in total. The van der Waals surface area contributed by atoms with Crippen molar-refractivity contribution in [2.24, 2.45) is 0 Å². The van der Waals surface area contributed by atoms with Crippen molar-refractivity contribution in [3.8, 4) is 0 Å². The van der Waals surface area contributed by atoms with Crippen molar-refractivity contribution in [1.29, 1.82) is 0 Å². The lowest BCUT2D eigenvalue weighted by atomic mass is 9.93. The summed E-state index contributed by atoms with van der Waals surface area (Å²) in [6.45, 7) is 7.14. The Kier molecular flexibility index (Phi) is 9.35. The average molecular weight is 637 g/mol. The second kappa shape index (κ2) is 12.4. The molecule has 1 aliphatic heterocycles. The van der Waals surface area contributed by atoms with Crippen molar-refractivity contribution in [2.75, 3.05) is 24.5 Å². The quantitative estimate of drug-likeness (QED) is 0.267. The highest BCUT2D eigenvalue weighted by Gasteiger charge is 2.35. The molecule has 1 amide bonds. The van der Waals surface area contributed by atoms with E-state index in [0.717, 1.165) is 10.0 Å². The van der Waals surface area contributed by atoms with Crippen molar-refractivity contribution in [3.63, 3.8) is 0 Å². The number of ether oxygens (including phenoxy) is 1. The van der Waals surface area contributed by atoms with E-state index in [0.29, 0.717) is 39.3 Å². The van der Waals surface area contributed by atoms with Crippen LogP contribution in [0.3, 0.4) is 0 Å². The van der Waals surface area contributed by atoms with Crippen LogP contribution in [-0.4, -0.2) is 54.4 Å². The summed E-state index contributed by atoms with van der Waals surface area (Å²) in [5.41, 5.74) is 1.67. The van der Waals surface area contributed by atoms with Gasteiger partial charge in [-0.25, -0.2) is 13.8 Å². The van der Waals surface area contributed by atoms with Crippen LogP contribution in [0.5, 0.6) is 0 Å². The number of nitrogens with one attached hydrogen (secondary N) is 1. The average Bonchev–Trinajstić information content (AvgIpc) is 3.20. The molecule has 4 rings (SSSR count). The number of benzene rings is 2. The molecule has 1 fully saturated rings. The number of aromatic nitrogens is 1. The van der Waals surface area contributed by atoms with Crippen LogP contribution in [0, 0.1) is 6.92 Å². The van der Waals surface area contributed by atoms with E-state index in [-0.39, 0.29) is 43.8 Å². The number of rotatable bonds is 8. The second-order valence-electron chi connectivity index (χ2n) is 11.1. The Morgan fingerprint density at radius 3 is 2.50 bits per heavy atom. The van der Waals surface area contributed by atoms with Gasteiger partial charge in [0.15, 0.2) is 12.3 Å². The third kappa shape index (κ3) is 7.10. The minimum absolute atomic E-state index is 0.128. The smallest absolute Gasteiger partial charge is 0.306 e. The van der Waals surface area contributed by atoms with Gasteiger partial charge in [-0.2, -0.15) is 0 Å². The topological polar surface area (TPSA) is 71.5 Å². The first-order valence-electron chi connectivity index (χ1n) is 13.2. The molecule has 0 spiro atoms. The molecule has 10 heteroatoms. The van der Waals surface area contributed by atoms with Gasteiger partial charge in [-0.15, -0.1) is 0 Å². The number of carbonyl (C=O) groups excluding carboxylic acids is 2. The Balaban J connectivity index is 1.63. The van der Waals surface area contributed by atoms with Gasteiger partial charge in [-0.05, 0) is 63.9 Å². The summed E-state index contributed by atoms with van der Waals surface area (Å²) < 4.78 is 34.4. The molecule has 3 atom stereocenters. The number of halogens is 4. The van der Waals surface area contributed by atoms with Crippen LogP contribution in [0.1, 0.15) is 61.0 Å². The van der Waals surface area contributed by atoms with Crippen molar-refractivity contribution in [2.45, 2.75) is 64.4 Å². The first-order chi connectivity index (χ1) is 18.8. The van der Waals surface area contributed by atoms with Gasteiger partial charge in [-0.1, -0.05) is 45.7 Å². The fourth-order valence-electron chi connectivity index (χ4n) is 4.98. The Morgan fingerprint density at radius 1 is 1.18 bits per heavy atom. The minimum Gasteiger partial charge on any atom is -0.460 e. The summed E-state index contributed by atoms with van der Waals surface area (Å²) >= 11 is 9.97. The van der Waals surface area contributed by atoms with E-state index >= 15 is 0 Å². The molecule has 0 bridgehead atoms. The molecular formula is C30H33BrClF2N3O3. The third-order valence-electron chi connectivity index (χ3n) is 6.84. The van der Waals surface area contributed by atoms with Gasteiger partial charge in [0, 0.05) is 39.3 Å². The predicted molar refractivity (Wildman–Crippen MR) is 158 cm³/mol. The van der Waals surface area contributed by atoms with E-state index in [4.69, 9.17) is 16.3 Å². The molecule has 2 aromatic carbocycles. The molecule has 1 aromatic heterocycles. The second-order valence-corrected chi connectivity index (χ2v) is 12.4. The molecule has 0 saturated carbocycles. The predicted octanol–water partition coefficient (Wildman–Crippen LogP) is 7.09. The van der Waals surface area contributed by atoms with Crippen LogP contribution in [0.2, 0.25) is 5.02 Å². The standard InChI is InChI=1S/C30H33BrClF2N3O3/c1-17-27(21-13-19(31)10-11-25(21)36-28(17)37-15-23(33)24(34)16-37)29(39)35-14-18(20-7-5-6-8-22(20)32)9-12-26(38)40-30(2,3)4/h5-8,10-11,13,18,23-24H,9,12,14-16H2,1-4H3,(H,35,39). The van der Waals surface area contributed by atoms with Crippen molar-refractivity contribution >= 4 is 56.1 Å². The summed E-state index contributed by atoms with van der Waals surface area (Å²) in [6, 6.07) is 12.7. The molecule has 0 aliphatic carbocycles. The van der Waals surface area contributed by atoms with Crippen molar-refractivity contribution in [1.82, 2.24) is 10.3 Å². The fraction of sp³-hybridized carbons (Fsp3) is 0.433. The molecule has 214 valence electrons. The van der Waals surface area contributed by atoms with Gasteiger partial charge in [0.25, 0.3) is 5.91 Å². The molecule has 40 heavy (non-hydrogen) atoms. The maximum absolute atomic E-state index is 14.1. The third-order valence-corrected chi connectivity index (χ3v) is 7.68. The number of hydrogen-bond donors (Lipinski definition) is 1. The van der Waals surface area contributed by atoms with Crippen LogP contribution >= 0.6 is 27.5 Å². The largest absolute Gasteiger partial charge is 0.460 e. The first-order valence-corrected chi connectivity index (χ1v) is 14.4. The van der Waals surface area contributed by atoms with Crippen molar-refractivity contribution < 1.29 is 23.1 Å². The maximum atomic E-state index is 14.1. The Labute approximate surface area is 246 Å². The molecule has 0 radical (unpaired) electrons. The molecular weight excluding hydrogens is 604 g/mol. The van der Waals surface area contributed by atoms with Gasteiger partial charge < -0.3 is 15.0 Å². The highest BCUT2D eigenvalue weighted by atomic mass is 79.9. The van der Waals surface area contributed by atoms with Gasteiger partial charge in [0.05, 0.1) is 24.2 Å². The van der Waals surface area contributed by atoms with Crippen LogP contribution < -0.4 is 10.2 Å². The number of hydrogen-bond acceptors (Lipinski definition) is 5. The first kappa shape index (κ1) is 30.2. The van der Waals surface area contributed by atoms with Gasteiger partial charge in [0.1, 0.15) is 11.4 Å². The molecule has 1 aliphatic rings. The zero-order chi connectivity index (χ0) is 29.2. The normalized spacial score (nSPS) is 18.1. The van der Waals surface area contributed by atoms with E-state index in [1.165, 1.54) is 0 Å². The zero-order valence-electron chi connectivity index (χ0n) is 22.9. The van der Waals surface area contributed by atoms with Crippen LogP contribution in [0.4, 0.5) is 14.6 Å². The van der Waals surface area contributed by atoms with Crippen LogP contribution in [0.15, 0.2) is 46.9 Å². The lowest BCUT2D eigenvalue weighted by Gasteiger charge is -2.24. The number of alkyl halides is 2. The lowest BCUT2D eigenvalue weighted by Crippen LogP contribution is -2.31. The fourth-order valence-corrected chi connectivity index (χ4v) is 5.63. The maximum Gasteiger partial charge on any atom is 0.306 e. The van der Waals surface area contributed by atoms with Gasteiger partial charge >= 0.3 is 5.97 Å². The summed E-state index contributed by atoms with van der Waals surface area (Å²) in [5.74, 6) is -0.561. The molecule has 3 unspecified atom stereocenters. The van der Waals surface area contributed by atoms with E-state index in [1.54, 1.807) is 30.0 Å². The highest BCUT2D eigenvalue weighted by molar-refractivity contribution is 9.10. The number of carbonyl (C=O) groups is 2. The molecule has 3 aromatic rings. The number of anilines is 1. The number of esters is 1. The van der Waals surface area contributed by atoms with E-state index in [9.17, 15) is 18.4 Å². The van der Waals surface area contributed by atoms with Crippen LogP contribution in [0.25, 0.3) is 10.9 Å². The van der Waals surface area contributed by atoms with E-state index in [2.05, 4.69) is 26.2 Å². The monoisotopic (exact) mass is 635 g/mol. The number of fused-ring (bicyclic) bond motifs is 1. The molecule has 1 saturated heterocycles. The van der Waals surface area contributed by atoms with Gasteiger partial charge in [0.2, 0.25) is 0 Å². The number of nitrogens with zero attached hydrogens (tertiary/aromatic N) is 2. The SMILES string of the molecule is Cc1c(N2CC(F)C(F)C2)nc2ccc(Br)cc2c1C(=O)NCC(CCC(=O)OC(C)(C)C)c1ccccc1Cl. The summed E-state index contributed by atoms with van der Waals surface area (Å²) in [4.78, 5) is 32.5. The summed E-state index contributed by atoms with van der Waals surface area (Å²) in [7, 11) is 0. The number of pyridine rings is 1. The highest BCUT2D eigenvalue weighted by Crippen LogP contribution is 2.34. The van der Waals surface area contributed by atoms with E-state index in [1.807, 2.05) is 45.0 Å². The minimum atomic E-state index is -1.61. The van der Waals surface area contributed by atoms with E-state index < -0.39 is 17.9 Å². The summed E-state index contributed by atoms with van der Waals surface area (Å²) in [5, 5.41) is 4.18. The Bertz CT molecular complexity index is 1400. The Hall–Kier alpha value is -2.78. The zero-order valence-corrected chi connectivity index (χ0v) is 25.3. The lowest BCUT2D eigenvalue weighted by molar-refractivity contribution is -0.155. The van der Waals surface area contributed by atoms with Gasteiger partial charge in [-0.3, -0.25) is 9.59 Å². The summed E-state index contributed by atoms with van der Waals surface area (Å²) in [6.07, 6.45) is -2.66.